The smallest absolute Gasteiger partial charge is 0.358 e. The lowest BCUT2D eigenvalue weighted by Crippen LogP contribution is -2.15. The Morgan fingerprint density at radius 2 is 1.86 bits per heavy atom. The number of carbonyl (C=O) groups is 2. The van der Waals surface area contributed by atoms with Gasteiger partial charge in [-0.15, -0.1) is 0 Å². The van der Waals surface area contributed by atoms with Crippen molar-refractivity contribution in [1.29, 1.82) is 0 Å². The van der Waals surface area contributed by atoms with Gasteiger partial charge in [-0.2, -0.15) is 0 Å². The summed E-state index contributed by atoms with van der Waals surface area (Å²) in [6.07, 6.45) is 2.31. The number of aromatic hydroxyl groups is 1. The number of phenolic OH excluding ortho intramolecular Hbond substituents is 1. The van der Waals surface area contributed by atoms with Gasteiger partial charge in [-0.3, -0.25) is 4.79 Å². The molecule has 0 saturated carbocycles. The Morgan fingerprint density at radius 1 is 1.19 bits per heavy atom. The Labute approximate surface area is 120 Å². The Morgan fingerprint density at radius 3 is 2.48 bits per heavy atom. The molecule has 108 valence electrons. The summed E-state index contributed by atoms with van der Waals surface area (Å²) in [6.45, 7) is 1.72. The van der Waals surface area contributed by atoms with Gasteiger partial charge in [0.15, 0.2) is 5.69 Å². The zero-order valence-electron chi connectivity index (χ0n) is 11.5. The maximum Gasteiger partial charge on any atom is 0.358 e. The first-order chi connectivity index (χ1) is 10.0. The minimum Gasteiger partial charge on any atom is -0.505 e. The molecule has 21 heavy (non-hydrogen) atoms. The number of benzene rings is 1. The number of phenols is 1. The quantitative estimate of drug-likeness (QED) is 0.655. The molecular formula is C14H13N3O4. The van der Waals surface area contributed by atoms with Gasteiger partial charge in [0.25, 0.3) is 5.91 Å². The number of aryl methyl sites for hydroxylation is 1. The van der Waals surface area contributed by atoms with E-state index in [2.05, 4.69) is 20.0 Å². The van der Waals surface area contributed by atoms with Gasteiger partial charge >= 0.3 is 5.97 Å². The first kappa shape index (κ1) is 14.4. The molecule has 0 atom stereocenters. The molecule has 2 aromatic rings. The van der Waals surface area contributed by atoms with Crippen molar-refractivity contribution in [1.82, 2.24) is 9.97 Å². The summed E-state index contributed by atoms with van der Waals surface area (Å²) in [5.41, 5.74) is 0.940. The van der Waals surface area contributed by atoms with Crippen LogP contribution in [0.25, 0.3) is 0 Å². The van der Waals surface area contributed by atoms with E-state index in [4.69, 9.17) is 0 Å². The Bertz CT molecular complexity index is 683. The number of amides is 1. The predicted molar refractivity (Wildman–Crippen MR) is 74.2 cm³/mol. The van der Waals surface area contributed by atoms with Gasteiger partial charge < -0.3 is 15.2 Å². The number of anilines is 1. The largest absolute Gasteiger partial charge is 0.505 e. The average Bonchev–Trinajstić information content (AvgIpc) is 2.51. The maximum absolute atomic E-state index is 12.0. The fraction of sp³-hybridized carbons (Fsp3) is 0.143. The second-order valence-corrected chi connectivity index (χ2v) is 4.20. The zero-order valence-corrected chi connectivity index (χ0v) is 11.5. The monoisotopic (exact) mass is 287 g/mol. The predicted octanol–water partition coefficient (Wildman–Crippen LogP) is 1.53. The number of aromatic nitrogens is 2. The van der Waals surface area contributed by atoms with E-state index in [1.54, 1.807) is 25.1 Å². The summed E-state index contributed by atoms with van der Waals surface area (Å²) in [5, 5.41) is 12.4. The van der Waals surface area contributed by atoms with Crippen molar-refractivity contribution >= 4 is 17.6 Å². The van der Waals surface area contributed by atoms with Crippen LogP contribution in [0.15, 0.2) is 30.6 Å². The third-order valence-corrected chi connectivity index (χ3v) is 2.76. The standard InChI is InChI=1S/C14H13N3O4/c1-8-4-3-5-9(12(8)18)17-13(19)10-6-16-11(7-15-10)14(20)21-2/h3-7,18H,1-2H3,(H,17,19). The highest BCUT2D eigenvalue weighted by Gasteiger charge is 2.13. The fourth-order valence-corrected chi connectivity index (χ4v) is 1.60. The second kappa shape index (κ2) is 6.00. The van der Waals surface area contributed by atoms with E-state index in [9.17, 15) is 14.7 Å². The van der Waals surface area contributed by atoms with E-state index in [1.165, 1.54) is 7.11 Å². The second-order valence-electron chi connectivity index (χ2n) is 4.20. The average molecular weight is 287 g/mol. The van der Waals surface area contributed by atoms with Crippen molar-refractivity contribution in [3.05, 3.63) is 47.5 Å². The third-order valence-electron chi connectivity index (χ3n) is 2.76. The first-order valence-corrected chi connectivity index (χ1v) is 6.03. The zero-order chi connectivity index (χ0) is 15.4. The molecule has 1 amide bonds. The van der Waals surface area contributed by atoms with Crippen molar-refractivity contribution in [2.45, 2.75) is 6.92 Å². The molecule has 0 bridgehead atoms. The summed E-state index contributed by atoms with van der Waals surface area (Å²) in [5.74, 6) is -1.18. The number of esters is 1. The van der Waals surface area contributed by atoms with Gasteiger partial charge in [-0.1, -0.05) is 12.1 Å². The van der Waals surface area contributed by atoms with E-state index >= 15 is 0 Å². The molecule has 0 unspecified atom stereocenters. The minimum atomic E-state index is -0.634. The van der Waals surface area contributed by atoms with E-state index in [1.807, 2.05) is 0 Å². The molecule has 0 aliphatic carbocycles. The summed E-state index contributed by atoms with van der Waals surface area (Å²) < 4.78 is 4.49. The van der Waals surface area contributed by atoms with Gasteiger partial charge in [-0.25, -0.2) is 14.8 Å². The van der Waals surface area contributed by atoms with Crippen LogP contribution in [-0.2, 0) is 4.74 Å². The van der Waals surface area contributed by atoms with Crippen molar-refractivity contribution in [3.8, 4) is 5.75 Å². The highest BCUT2D eigenvalue weighted by Crippen LogP contribution is 2.26. The number of nitrogens with zero attached hydrogens (tertiary/aromatic N) is 2. The first-order valence-electron chi connectivity index (χ1n) is 6.03. The number of rotatable bonds is 3. The van der Waals surface area contributed by atoms with Gasteiger partial charge in [0, 0.05) is 0 Å². The molecule has 2 rings (SSSR count). The number of hydrogen-bond acceptors (Lipinski definition) is 6. The van der Waals surface area contributed by atoms with Crippen LogP contribution in [0, 0.1) is 6.92 Å². The van der Waals surface area contributed by atoms with Crippen molar-refractivity contribution < 1.29 is 19.4 Å². The van der Waals surface area contributed by atoms with Crippen molar-refractivity contribution in [3.63, 3.8) is 0 Å². The summed E-state index contributed by atoms with van der Waals surface area (Å²) in [6, 6.07) is 4.99. The SMILES string of the molecule is COC(=O)c1cnc(C(=O)Nc2cccc(C)c2O)cn1. The highest BCUT2D eigenvalue weighted by atomic mass is 16.5. The Balaban J connectivity index is 2.17. The molecular weight excluding hydrogens is 274 g/mol. The molecule has 1 aromatic carbocycles. The fourth-order valence-electron chi connectivity index (χ4n) is 1.60. The molecule has 0 aliphatic heterocycles. The third kappa shape index (κ3) is 3.14. The maximum atomic E-state index is 12.0. The van der Waals surface area contributed by atoms with Crippen molar-refractivity contribution in [2.24, 2.45) is 0 Å². The Kier molecular flexibility index (Phi) is 4.13. The van der Waals surface area contributed by atoms with Crippen LogP contribution in [0.5, 0.6) is 5.75 Å². The molecule has 0 aliphatic rings. The van der Waals surface area contributed by atoms with Crippen LogP contribution in [0.1, 0.15) is 26.5 Å². The number of ether oxygens (including phenoxy) is 1. The van der Waals surface area contributed by atoms with E-state index in [-0.39, 0.29) is 22.8 Å². The molecule has 7 nitrogen and oxygen atoms in total. The van der Waals surface area contributed by atoms with Crippen LogP contribution in [0.2, 0.25) is 0 Å². The topological polar surface area (TPSA) is 101 Å². The lowest BCUT2D eigenvalue weighted by atomic mass is 10.2. The molecule has 0 fully saturated rings. The lowest BCUT2D eigenvalue weighted by Gasteiger charge is -2.08. The summed E-state index contributed by atoms with van der Waals surface area (Å²) in [7, 11) is 1.23. The molecule has 0 spiro atoms. The minimum absolute atomic E-state index is 0.00690. The molecule has 0 saturated heterocycles. The van der Waals surface area contributed by atoms with E-state index in [0.717, 1.165) is 12.4 Å². The van der Waals surface area contributed by atoms with Crippen LogP contribution >= 0.6 is 0 Å². The molecule has 1 aromatic heterocycles. The van der Waals surface area contributed by atoms with Gasteiger partial charge in [0.05, 0.1) is 25.2 Å². The van der Waals surface area contributed by atoms with Gasteiger partial charge in [0.2, 0.25) is 0 Å². The van der Waals surface area contributed by atoms with Crippen LogP contribution in [-0.4, -0.2) is 34.1 Å². The van der Waals surface area contributed by atoms with Gasteiger partial charge in [-0.05, 0) is 18.6 Å². The number of para-hydroxylation sites is 1. The number of nitrogens with one attached hydrogen (secondary N) is 1. The molecule has 7 heteroatoms. The van der Waals surface area contributed by atoms with Crippen LogP contribution in [0.3, 0.4) is 0 Å². The van der Waals surface area contributed by atoms with Crippen molar-refractivity contribution in [2.75, 3.05) is 12.4 Å². The number of carbonyl (C=O) groups excluding carboxylic acids is 2. The Hall–Kier alpha value is -2.96. The van der Waals surface area contributed by atoms with Gasteiger partial charge in [0.1, 0.15) is 11.4 Å². The van der Waals surface area contributed by atoms with E-state index in [0.29, 0.717) is 5.56 Å². The summed E-state index contributed by atoms with van der Waals surface area (Å²) in [4.78, 5) is 30.8. The summed E-state index contributed by atoms with van der Waals surface area (Å²) >= 11 is 0. The van der Waals surface area contributed by atoms with Crippen LogP contribution < -0.4 is 5.32 Å². The van der Waals surface area contributed by atoms with E-state index < -0.39 is 11.9 Å². The number of methoxy groups -OCH3 is 1. The highest BCUT2D eigenvalue weighted by molar-refractivity contribution is 6.03. The number of hydrogen-bond donors (Lipinski definition) is 2. The molecule has 0 radical (unpaired) electrons. The lowest BCUT2D eigenvalue weighted by molar-refractivity contribution is 0.0593. The molecule has 1 heterocycles. The van der Waals surface area contributed by atoms with Crippen LogP contribution in [0.4, 0.5) is 5.69 Å². The molecule has 2 N–H and O–H groups in total. The normalized spacial score (nSPS) is 10.0.